The molecule has 2 atom stereocenters. The Labute approximate surface area is 235 Å². The van der Waals surface area contributed by atoms with E-state index in [9.17, 15) is 22.7 Å². The van der Waals surface area contributed by atoms with Crippen molar-refractivity contribution < 1.29 is 27.4 Å². The fourth-order valence-electron chi connectivity index (χ4n) is 5.96. The molecule has 2 unspecified atom stereocenters. The maximum Gasteiger partial charge on any atom is 0.417 e. The molecule has 2 N–H and O–H groups in total. The first kappa shape index (κ1) is 31.9. The van der Waals surface area contributed by atoms with E-state index in [2.05, 4.69) is 16.9 Å². The van der Waals surface area contributed by atoms with E-state index in [1.807, 2.05) is 6.92 Å². The lowest BCUT2D eigenvalue weighted by atomic mass is 9.69. The number of methoxy groups -OCH3 is 1. The number of aryl methyl sites for hydroxylation is 2. The summed E-state index contributed by atoms with van der Waals surface area (Å²) >= 11 is 0. The van der Waals surface area contributed by atoms with Crippen LogP contribution >= 0.6 is 0 Å². The van der Waals surface area contributed by atoms with Gasteiger partial charge in [0.05, 0.1) is 18.3 Å². The number of benzene rings is 1. The van der Waals surface area contributed by atoms with E-state index in [0.29, 0.717) is 35.4 Å². The van der Waals surface area contributed by atoms with Crippen molar-refractivity contribution in [2.75, 3.05) is 7.11 Å². The Balaban J connectivity index is 1.92. The van der Waals surface area contributed by atoms with Gasteiger partial charge in [-0.25, -0.2) is 4.39 Å². The van der Waals surface area contributed by atoms with Crippen molar-refractivity contribution in [2.45, 2.75) is 116 Å². The smallest absolute Gasteiger partial charge is 0.417 e. The van der Waals surface area contributed by atoms with Gasteiger partial charge in [-0.1, -0.05) is 65.2 Å². The van der Waals surface area contributed by atoms with Crippen LogP contribution in [0, 0.1) is 19.7 Å². The molecule has 222 valence electrons. The van der Waals surface area contributed by atoms with Crippen LogP contribution in [0.5, 0.6) is 5.75 Å². The predicted molar refractivity (Wildman–Crippen MR) is 152 cm³/mol. The molecule has 0 spiro atoms. The van der Waals surface area contributed by atoms with Gasteiger partial charge in [-0.15, -0.1) is 0 Å². The van der Waals surface area contributed by atoms with Crippen LogP contribution in [-0.2, 0) is 11.8 Å². The van der Waals surface area contributed by atoms with Crippen molar-refractivity contribution in [1.82, 2.24) is 9.97 Å². The van der Waals surface area contributed by atoms with E-state index >= 15 is 0 Å². The summed E-state index contributed by atoms with van der Waals surface area (Å²) in [5, 5.41) is 12.2. The fourth-order valence-corrected chi connectivity index (χ4v) is 5.96. The van der Waals surface area contributed by atoms with Crippen molar-refractivity contribution in [2.24, 2.45) is 0 Å². The van der Waals surface area contributed by atoms with Crippen LogP contribution in [0.15, 0.2) is 30.3 Å². The van der Waals surface area contributed by atoms with Gasteiger partial charge in [0.15, 0.2) is 5.60 Å². The van der Waals surface area contributed by atoms with E-state index in [-0.39, 0.29) is 5.69 Å². The minimum Gasteiger partial charge on any atom is -0.496 e. The number of hydrogen-bond donors (Lipinski definition) is 2. The molecule has 1 aromatic carbocycles. The zero-order chi connectivity index (χ0) is 29.6. The number of hydrogen-bond acceptors (Lipinski definition) is 3. The van der Waals surface area contributed by atoms with Crippen molar-refractivity contribution in [3.8, 4) is 5.75 Å². The number of unbranched alkanes of at least 4 members (excludes halogenated alkanes) is 7. The highest BCUT2D eigenvalue weighted by molar-refractivity contribution is 5.82. The lowest BCUT2D eigenvalue weighted by Crippen LogP contribution is -2.51. The standard InChI is InChI=1S/C32H44F4N2O2/c1-6-7-8-9-10-11-12-13-16-30(4,27-19-25(33)14-15-28(27)40-5)21-31(39,32(34,35)36)20-26-18-24-17-22(2)37-23(3)29(24)38-26/h14-15,17-19,38-39H,6-13,16,20-21H2,1-5H3. The van der Waals surface area contributed by atoms with Crippen LogP contribution in [0.2, 0.25) is 0 Å². The van der Waals surface area contributed by atoms with Gasteiger partial charge in [0.25, 0.3) is 0 Å². The first-order chi connectivity index (χ1) is 18.8. The molecule has 2 aromatic heterocycles. The topological polar surface area (TPSA) is 58.1 Å². The number of nitrogens with zero attached hydrogens (tertiary/aromatic N) is 1. The highest BCUT2D eigenvalue weighted by Crippen LogP contribution is 2.47. The summed E-state index contributed by atoms with van der Waals surface area (Å²) in [5.74, 6) is -0.238. The molecule has 0 radical (unpaired) electrons. The molecular weight excluding hydrogens is 520 g/mol. The van der Waals surface area contributed by atoms with Crippen LogP contribution in [0.4, 0.5) is 17.6 Å². The third-order valence-electron chi connectivity index (χ3n) is 8.06. The van der Waals surface area contributed by atoms with Crippen molar-refractivity contribution in [3.05, 3.63) is 58.8 Å². The number of halogens is 4. The number of alkyl halides is 3. The van der Waals surface area contributed by atoms with Gasteiger partial charge >= 0.3 is 6.18 Å². The maximum absolute atomic E-state index is 14.7. The van der Waals surface area contributed by atoms with Gasteiger partial charge in [0, 0.05) is 28.8 Å². The van der Waals surface area contributed by atoms with Gasteiger partial charge in [0.2, 0.25) is 0 Å². The Bertz CT molecular complexity index is 1260. The number of nitrogens with one attached hydrogen (secondary N) is 1. The second-order valence-corrected chi connectivity index (χ2v) is 11.6. The second kappa shape index (κ2) is 13.4. The number of aromatic nitrogens is 2. The van der Waals surface area contributed by atoms with Crippen LogP contribution in [0.1, 0.15) is 101 Å². The minimum atomic E-state index is -4.92. The van der Waals surface area contributed by atoms with Gasteiger partial charge in [-0.05, 0) is 62.4 Å². The monoisotopic (exact) mass is 564 g/mol. The maximum atomic E-state index is 14.7. The second-order valence-electron chi connectivity index (χ2n) is 11.6. The van der Waals surface area contributed by atoms with E-state index < -0.39 is 35.9 Å². The number of ether oxygens (including phenoxy) is 1. The van der Waals surface area contributed by atoms with Gasteiger partial charge in [-0.3, -0.25) is 4.98 Å². The first-order valence-electron chi connectivity index (χ1n) is 14.4. The lowest BCUT2D eigenvalue weighted by Gasteiger charge is -2.40. The Morgan fingerprint density at radius 2 is 1.60 bits per heavy atom. The molecule has 0 amide bonds. The largest absolute Gasteiger partial charge is 0.496 e. The molecule has 3 rings (SSSR count). The highest BCUT2D eigenvalue weighted by atomic mass is 19.4. The quantitative estimate of drug-likeness (QED) is 0.143. The average molecular weight is 565 g/mol. The molecule has 0 aliphatic carbocycles. The Kier molecular flexibility index (Phi) is 10.7. The SMILES string of the molecule is CCCCCCCCCCC(C)(CC(O)(Cc1cc2cc(C)nc(C)c2[nH]1)C(F)(F)F)c1cc(F)ccc1OC. The van der Waals surface area contributed by atoms with E-state index in [4.69, 9.17) is 4.74 Å². The van der Waals surface area contributed by atoms with Crippen molar-refractivity contribution in [3.63, 3.8) is 0 Å². The molecule has 8 heteroatoms. The molecule has 40 heavy (non-hydrogen) atoms. The summed E-state index contributed by atoms with van der Waals surface area (Å²) < 4.78 is 64.0. The summed E-state index contributed by atoms with van der Waals surface area (Å²) in [6.07, 6.45) is 2.46. The molecule has 0 saturated carbocycles. The average Bonchev–Trinajstić information content (AvgIpc) is 3.27. The van der Waals surface area contributed by atoms with Crippen LogP contribution < -0.4 is 4.74 Å². The lowest BCUT2D eigenvalue weighted by molar-refractivity contribution is -0.267. The van der Waals surface area contributed by atoms with Crippen LogP contribution in [0.25, 0.3) is 10.9 Å². The number of fused-ring (bicyclic) bond motifs is 1. The summed E-state index contributed by atoms with van der Waals surface area (Å²) in [6, 6.07) is 7.38. The molecule has 2 heterocycles. The number of aliphatic hydroxyl groups is 1. The molecule has 0 aliphatic rings. The Morgan fingerprint density at radius 1 is 0.950 bits per heavy atom. The fraction of sp³-hybridized carbons (Fsp3) is 0.594. The van der Waals surface area contributed by atoms with Gasteiger partial charge in [0.1, 0.15) is 11.6 Å². The van der Waals surface area contributed by atoms with Crippen molar-refractivity contribution in [1.29, 1.82) is 0 Å². The summed E-state index contributed by atoms with van der Waals surface area (Å²) in [5.41, 5.74) is -1.55. The number of rotatable bonds is 15. The Morgan fingerprint density at radius 3 is 2.23 bits per heavy atom. The number of aromatic amines is 1. The predicted octanol–water partition coefficient (Wildman–Crippen LogP) is 9.04. The third-order valence-corrected chi connectivity index (χ3v) is 8.06. The summed E-state index contributed by atoms with van der Waals surface area (Å²) in [7, 11) is 1.42. The molecule has 3 aromatic rings. The van der Waals surface area contributed by atoms with Gasteiger partial charge < -0.3 is 14.8 Å². The Hall–Kier alpha value is -2.61. The number of H-pyrrole nitrogens is 1. The summed E-state index contributed by atoms with van der Waals surface area (Å²) in [6.45, 7) is 7.47. The van der Waals surface area contributed by atoms with E-state index in [1.54, 1.807) is 26.0 Å². The molecular formula is C32H44F4N2O2. The normalized spacial score (nSPS) is 15.2. The van der Waals surface area contributed by atoms with Crippen molar-refractivity contribution >= 4 is 10.9 Å². The zero-order valence-electron chi connectivity index (χ0n) is 24.5. The van der Waals surface area contributed by atoms with Crippen LogP contribution in [-0.4, -0.2) is 34.0 Å². The molecule has 0 saturated heterocycles. The molecule has 0 bridgehead atoms. The molecule has 4 nitrogen and oxygen atoms in total. The zero-order valence-corrected chi connectivity index (χ0v) is 24.5. The highest BCUT2D eigenvalue weighted by Gasteiger charge is 2.57. The van der Waals surface area contributed by atoms with Crippen LogP contribution in [0.3, 0.4) is 0 Å². The minimum absolute atomic E-state index is 0.269. The van der Waals surface area contributed by atoms with E-state index in [0.717, 1.165) is 36.8 Å². The van der Waals surface area contributed by atoms with E-state index in [1.165, 1.54) is 44.6 Å². The van der Waals surface area contributed by atoms with Gasteiger partial charge in [-0.2, -0.15) is 13.2 Å². The molecule has 0 aliphatic heterocycles. The first-order valence-corrected chi connectivity index (χ1v) is 14.4. The number of pyridine rings is 1. The third kappa shape index (κ3) is 7.77. The summed E-state index contributed by atoms with van der Waals surface area (Å²) in [4.78, 5) is 7.44. The molecule has 0 fully saturated rings.